The number of H-pyrrole nitrogens is 1. The molecule has 37 heavy (non-hydrogen) atoms. The zero-order valence-corrected chi connectivity index (χ0v) is 19.8. The van der Waals surface area contributed by atoms with Crippen molar-refractivity contribution in [3.05, 3.63) is 76.1 Å². The molecular formula is C25H23N7O5. The number of hydrogen-bond donors (Lipinski definition) is 4. The van der Waals surface area contributed by atoms with Crippen LogP contribution in [0.25, 0.3) is 33.0 Å². The Morgan fingerprint density at radius 3 is 2.65 bits per heavy atom. The van der Waals surface area contributed by atoms with E-state index < -0.39 is 16.8 Å². The van der Waals surface area contributed by atoms with Gasteiger partial charge in [0.15, 0.2) is 5.03 Å². The third-order valence-corrected chi connectivity index (χ3v) is 6.22. The Morgan fingerprint density at radius 1 is 1.14 bits per heavy atom. The van der Waals surface area contributed by atoms with E-state index in [1.165, 1.54) is 0 Å². The van der Waals surface area contributed by atoms with Crippen molar-refractivity contribution in [3.8, 4) is 5.75 Å². The monoisotopic (exact) mass is 501 g/mol. The number of methoxy groups -OCH3 is 1. The van der Waals surface area contributed by atoms with Crippen LogP contribution in [-0.4, -0.2) is 46.0 Å². The average molecular weight is 502 g/mol. The number of imide groups is 1. The standard InChI is InChI=1S/C25H23N7O5/c1-37-19-9-4-8-18-20(19)16(13-31(18)11-5-10-27-25(26)30-32(35)36)22-21(23(33)29-24(22)34)15-12-28-17-7-3-2-6-14(15)17/h2-4,6-9,12-13,28H,5,10-11H2,1H3,(H3,26,27,30)(H,29,33,34). The maximum atomic E-state index is 13.2. The van der Waals surface area contributed by atoms with Crippen molar-refractivity contribution in [2.75, 3.05) is 13.7 Å². The van der Waals surface area contributed by atoms with Gasteiger partial charge in [-0.05, 0) is 24.6 Å². The first-order valence-corrected chi connectivity index (χ1v) is 11.4. The molecule has 0 radical (unpaired) electrons. The number of para-hydroxylation sites is 1. The molecule has 0 unspecified atom stereocenters. The summed E-state index contributed by atoms with van der Waals surface area (Å²) in [5.41, 5.74) is 8.90. The number of hydrogen-bond acceptors (Lipinski definition) is 5. The van der Waals surface area contributed by atoms with Crippen molar-refractivity contribution >= 4 is 50.7 Å². The highest BCUT2D eigenvalue weighted by molar-refractivity contribution is 6.51. The number of nitrogens with one attached hydrogen (secondary N) is 3. The Morgan fingerprint density at radius 2 is 1.89 bits per heavy atom. The molecule has 0 bridgehead atoms. The number of fused-ring (bicyclic) bond motifs is 2. The Bertz CT molecular complexity index is 1630. The van der Waals surface area contributed by atoms with Crippen LogP contribution in [0.15, 0.2) is 60.0 Å². The fraction of sp³-hybridized carbons (Fsp3) is 0.160. The summed E-state index contributed by atoms with van der Waals surface area (Å²) in [5, 5.41) is 19.3. The number of carbonyl (C=O) groups is 2. The van der Waals surface area contributed by atoms with Crippen LogP contribution in [0.5, 0.6) is 5.75 Å². The van der Waals surface area contributed by atoms with E-state index in [9.17, 15) is 19.7 Å². The SMILES string of the molecule is COc1cccc2c1c(C1=C(c3c[nH]c4ccccc34)C(=O)NC1=O)cn2CCCNC(N)=N[N+](=O)[O-]. The van der Waals surface area contributed by atoms with Gasteiger partial charge in [0.05, 0.1) is 23.8 Å². The molecule has 3 heterocycles. The van der Waals surface area contributed by atoms with Crippen molar-refractivity contribution in [3.63, 3.8) is 0 Å². The lowest BCUT2D eigenvalue weighted by Gasteiger charge is -2.07. The number of ether oxygens (including phenoxy) is 1. The Kier molecular flexibility index (Phi) is 6.05. The van der Waals surface area contributed by atoms with Crippen LogP contribution in [0.3, 0.4) is 0 Å². The summed E-state index contributed by atoms with van der Waals surface area (Å²) in [6.07, 6.45) is 4.11. The van der Waals surface area contributed by atoms with E-state index in [-0.39, 0.29) is 17.1 Å². The summed E-state index contributed by atoms with van der Waals surface area (Å²) < 4.78 is 7.58. The topological polar surface area (TPSA) is 170 Å². The first-order valence-electron chi connectivity index (χ1n) is 11.4. The molecule has 0 spiro atoms. The highest BCUT2D eigenvalue weighted by Crippen LogP contribution is 2.41. The fourth-order valence-electron chi connectivity index (χ4n) is 4.70. The zero-order chi connectivity index (χ0) is 26.1. The summed E-state index contributed by atoms with van der Waals surface area (Å²) in [7, 11) is 1.55. The fourth-order valence-corrected chi connectivity index (χ4v) is 4.70. The summed E-state index contributed by atoms with van der Waals surface area (Å²) in [6.45, 7) is 0.831. The van der Waals surface area contributed by atoms with E-state index in [1.54, 1.807) is 19.4 Å². The molecule has 0 aliphatic carbocycles. The van der Waals surface area contributed by atoms with Gasteiger partial charge in [-0.25, -0.2) is 10.1 Å². The van der Waals surface area contributed by atoms with Gasteiger partial charge in [-0.1, -0.05) is 24.3 Å². The third-order valence-electron chi connectivity index (χ3n) is 6.22. The van der Waals surface area contributed by atoms with Crippen LogP contribution >= 0.6 is 0 Å². The van der Waals surface area contributed by atoms with Gasteiger partial charge in [0.1, 0.15) is 10.9 Å². The first kappa shape index (κ1) is 23.6. The van der Waals surface area contributed by atoms with E-state index >= 15 is 0 Å². The minimum absolute atomic E-state index is 0.267. The number of aromatic nitrogens is 2. The van der Waals surface area contributed by atoms with Gasteiger partial charge in [-0.2, -0.15) is 0 Å². The third kappa shape index (κ3) is 4.24. The zero-order valence-electron chi connectivity index (χ0n) is 19.8. The number of rotatable bonds is 8. The summed E-state index contributed by atoms with van der Waals surface area (Å²) in [4.78, 5) is 39.8. The number of amides is 2. The lowest BCUT2D eigenvalue weighted by molar-refractivity contribution is -0.485. The number of aromatic amines is 1. The predicted octanol–water partition coefficient (Wildman–Crippen LogP) is 2.18. The molecule has 0 atom stereocenters. The molecule has 4 aromatic rings. The van der Waals surface area contributed by atoms with Gasteiger partial charge in [-0.15, -0.1) is 0 Å². The highest BCUT2D eigenvalue weighted by Gasteiger charge is 2.35. The van der Waals surface area contributed by atoms with E-state index in [2.05, 4.69) is 20.7 Å². The average Bonchev–Trinajstić information content (AvgIpc) is 3.54. The minimum Gasteiger partial charge on any atom is -0.496 e. The van der Waals surface area contributed by atoms with E-state index in [4.69, 9.17) is 10.5 Å². The second-order valence-electron chi connectivity index (χ2n) is 8.38. The number of nitro groups is 1. The normalized spacial score (nSPS) is 14.0. The van der Waals surface area contributed by atoms with Crippen LogP contribution in [0.2, 0.25) is 0 Å². The molecular weight excluding hydrogens is 478 g/mol. The number of nitrogens with zero attached hydrogens (tertiary/aromatic N) is 3. The molecule has 5 N–H and O–H groups in total. The Balaban J connectivity index is 1.60. The predicted molar refractivity (Wildman–Crippen MR) is 138 cm³/mol. The first-order chi connectivity index (χ1) is 17.9. The molecule has 2 aromatic heterocycles. The van der Waals surface area contributed by atoms with E-state index in [1.807, 2.05) is 47.2 Å². The summed E-state index contributed by atoms with van der Waals surface area (Å²) in [5.74, 6) is -0.671. The van der Waals surface area contributed by atoms with Crippen LogP contribution in [0, 0.1) is 10.1 Å². The molecule has 12 nitrogen and oxygen atoms in total. The maximum absolute atomic E-state index is 13.2. The number of aryl methyl sites for hydroxylation is 1. The molecule has 2 aromatic carbocycles. The molecule has 0 fully saturated rings. The smallest absolute Gasteiger partial charge is 0.266 e. The second kappa shape index (κ2) is 9.49. The van der Waals surface area contributed by atoms with Crippen molar-refractivity contribution in [2.45, 2.75) is 13.0 Å². The van der Waals surface area contributed by atoms with Crippen molar-refractivity contribution in [1.29, 1.82) is 0 Å². The molecule has 12 heteroatoms. The molecule has 188 valence electrons. The van der Waals surface area contributed by atoms with E-state index in [0.717, 1.165) is 16.4 Å². The highest BCUT2D eigenvalue weighted by atomic mass is 16.7. The number of nitrogens with two attached hydrogens (primary N) is 1. The van der Waals surface area contributed by atoms with Crippen LogP contribution < -0.4 is 21.1 Å². The van der Waals surface area contributed by atoms with Gasteiger partial charge in [0, 0.05) is 52.9 Å². The van der Waals surface area contributed by atoms with Crippen molar-refractivity contribution in [1.82, 2.24) is 20.2 Å². The van der Waals surface area contributed by atoms with Crippen molar-refractivity contribution in [2.24, 2.45) is 10.8 Å². The summed E-state index contributed by atoms with van der Waals surface area (Å²) in [6, 6.07) is 13.1. The van der Waals surface area contributed by atoms with Gasteiger partial charge in [-0.3, -0.25) is 14.9 Å². The molecule has 0 saturated heterocycles. The maximum Gasteiger partial charge on any atom is 0.266 e. The van der Waals surface area contributed by atoms with Crippen molar-refractivity contribution < 1.29 is 19.4 Å². The second-order valence-corrected chi connectivity index (χ2v) is 8.38. The van der Waals surface area contributed by atoms with Crippen LogP contribution in [0.1, 0.15) is 17.5 Å². The Hall–Kier alpha value is -5.13. The molecule has 1 aliphatic rings. The number of carbonyl (C=O) groups excluding carboxylic acids is 2. The molecule has 5 rings (SSSR count). The lowest BCUT2D eigenvalue weighted by atomic mass is 9.95. The largest absolute Gasteiger partial charge is 0.496 e. The van der Waals surface area contributed by atoms with Gasteiger partial charge in [0.25, 0.3) is 17.8 Å². The number of hydrazone groups is 1. The summed E-state index contributed by atoms with van der Waals surface area (Å²) >= 11 is 0. The van der Waals surface area contributed by atoms with Gasteiger partial charge < -0.3 is 25.3 Å². The van der Waals surface area contributed by atoms with E-state index in [0.29, 0.717) is 41.8 Å². The Labute approximate surface area is 209 Å². The van der Waals surface area contributed by atoms with Crippen LogP contribution in [0.4, 0.5) is 0 Å². The minimum atomic E-state index is -0.868. The van der Waals surface area contributed by atoms with Crippen LogP contribution in [-0.2, 0) is 16.1 Å². The molecule has 1 aliphatic heterocycles. The lowest BCUT2D eigenvalue weighted by Crippen LogP contribution is -2.33. The quantitative estimate of drug-likeness (QED) is 0.0716. The number of benzene rings is 2. The number of guanidine groups is 1. The van der Waals surface area contributed by atoms with Gasteiger partial charge >= 0.3 is 0 Å². The molecule has 2 amide bonds. The molecule has 0 saturated carbocycles. The van der Waals surface area contributed by atoms with Gasteiger partial charge in [0.2, 0.25) is 0 Å².